The first kappa shape index (κ1) is 15.9. The molecule has 1 aliphatic heterocycles. The molecule has 1 saturated heterocycles. The molecule has 26 heavy (non-hydrogen) atoms. The lowest BCUT2D eigenvalue weighted by atomic mass is 9.43. The molecule has 0 radical (unpaired) electrons. The van der Waals surface area contributed by atoms with E-state index < -0.39 is 0 Å². The summed E-state index contributed by atoms with van der Waals surface area (Å²) in [4.78, 5) is 2.91. The van der Waals surface area contributed by atoms with Gasteiger partial charge in [0.05, 0.1) is 0 Å². The molecule has 0 amide bonds. The molecule has 0 aromatic heterocycles. The summed E-state index contributed by atoms with van der Waals surface area (Å²) in [6, 6.07) is 7.71. The zero-order valence-electron chi connectivity index (χ0n) is 16.0. The van der Waals surface area contributed by atoms with E-state index in [0.717, 1.165) is 17.9 Å². The van der Waals surface area contributed by atoms with Gasteiger partial charge < -0.3 is 10.4 Å². The molecule has 5 aliphatic rings. The van der Waals surface area contributed by atoms with Crippen LogP contribution in [0.5, 0.6) is 5.75 Å². The summed E-state index contributed by atoms with van der Waals surface area (Å²) in [6.45, 7) is 2.61. The minimum atomic E-state index is 0.302. The van der Waals surface area contributed by atoms with Crippen LogP contribution in [0.4, 0.5) is 0 Å². The fourth-order valence-corrected chi connectivity index (χ4v) is 8.14. The maximum absolute atomic E-state index is 10.3. The number of fused-ring (bicyclic) bond motifs is 1. The zero-order valence-corrected chi connectivity index (χ0v) is 16.0. The molecule has 3 saturated carbocycles. The Labute approximate surface area is 157 Å². The topological polar surface area (TPSA) is 35.5 Å². The van der Waals surface area contributed by atoms with Crippen molar-refractivity contribution in [3.05, 3.63) is 29.3 Å². The van der Waals surface area contributed by atoms with E-state index in [-0.39, 0.29) is 0 Å². The van der Waals surface area contributed by atoms with Crippen molar-refractivity contribution in [2.75, 3.05) is 20.1 Å². The van der Waals surface area contributed by atoms with Crippen LogP contribution < -0.4 is 5.32 Å². The molecule has 5 unspecified atom stereocenters. The third-order valence-corrected chi connectivity index (χ3v) is 9.23. The molecule has 1 aromatic carbocycles. The fraction of sp³-hybridized carbons (Fsp3) is 0.739. The van der Waals surface area contributed by atoms with Gasteiger partial charge in [-0.15, -0.1) is 0 Å². The van der Waals surface area contributed by atoms with Crippen LogP contribution in [-0.2, 0) is 11.8 Å². The minimum Gasteiger partial charge on any atom is -0.508 e. The molecular weight excluding hydrogens is 320 g/mol. The standard InChI is InChI=1S/C23H32N2O/c1-24-20-7-9-22-8-6-18(20)23(22)10-11-25(14-15-2-3-15)21(22)12-16-4-5-17(26)13-19(16)23/h4-5,13,15,18,20-21,24,26H,2-3,6-12,14H2,1H3. The molecule has 4 bridgehead atoms. The van der Waals surface area contributed by atoms with Crippen molar-refractivity contribution in [1.29, 1.82) is 0 Å². The number of benzene rings is 1. The normalized spacial score (nSPS) is 43.8. The lowest BCUT2D eigenvalue weighted by molar-refractivity contribution is -0.0950. The first-order chi connectivity index (χ1) is 12.7. The molecule has 1 aromatic rings. The second-order valence-electron chi connectivity index (χ2n) is 9.96. The summed E-state index contributed by atoms with van der Waals surface area (Å²) in [5.41, 5.74) is 3.82. The van der Waals surface area contributed by atoms with Crippen LogP contribution in [0, 0.1) is 17.3 Å². The van der Waals surface area contributed by atoms with Gasteiger partial charge in [-0.05, 0) is 105 Å². The molecule has 0 spiro atoms. The maximum Gasteiger partial charge on any atom is 0.115 e. The Bertz CT molecular complexity index is 744. The number of phenols is 1. The Hall–Kier alpha value is -1.06. The van der Waals surface area contributed by atoms with E-state index in [4.69, 9.17) is 0 Å². The van der Waals surface area contributed by atoms with E-state index in [1.807, 2.05) is 6.07 Å². The lowest BCUT2D eigenvalue weighted by Crippen LogP contribution is -2.69. The van der Waals surface area contributed by atoms with Crippen molar-refractivity contribution < 1.29 is 5.11 Å². The summed E-state index contributed by atoms with van der Waals surface area (Å²) in [5, 5.41) is 14.0. The third kappa shape index (κ3) is 1.82. The molecule has 3 nitrogen and oxygen atoms in total. The predicted octanol–water partition coefficient (Wildman–Crippen LogP) is 3.45. The van der Waals surface area contributed by atoms with E-state index in [1.165, 1.54) is 75.6 Å². The zero-order chi connectivity index (χ0) is 17.5. The first-order valence-electron chi connectivity index (χ1n) is 10.9. The van der Waals surface area contributed by atoms with Crippen molar-refractivity contribution in [3.63, 3.8) is 0 Å². The van der Waals surface area contributed by atoms with E-state index in [0.29, 0.717) is 22.6 Å². The van der Waals surface area contributed by atoms with Crippen LogP contribution in [0.3, 0.4) is 0 Å². The van der Waals surface area contributed by atoms with Crippen molar-refractivity contribution in [2.45, 2.75) is 68.9 Å². The van der Waals surface area contributed by atoms with Gasteiger partial charge in [-0.2, -0.15) is 0 Å². The number of nitrogens with one attached hydrogen (secondary N) is 1. The van der Waals surface area contributed by atoms with E-state index in [1.54, 1.807) is 0 Å². The Morgan fingerprint density at radius 1 is 1.15 bits per heavy atom. The Morgan fingerprint density at radius 3 is 2.81 bits per heavy atom. The molecule has 4 fully saturated rings. The van der Waals surface area contributed by atoms with Gasteiger partial charge in [-0.25, -0.2) is 0 Å². The second kappa shape index (κ2) is 5.26. The third-order valence-electron chi connectivity index (χ3n) is 9.23. The Balaban J connectivity index is 1.54. The number of likely N-dealkylation sites (tertiary alicyclic amines) is 1. The molecule has 4 aliphatic carbocycles. The lowest BCUT2D eigenvalue weighted by Gasteiger charge is -2.66. The molecule has 140 valence electrons. The van der Waals surface area contributed by atoms with E-state index >= 15 is 0 Å². The van der Waals surface area contributed by atoms with Crippen LogP contribution in [0.25, 0.3) is 0 Å². The quantitative estimate of drug-likeness (QED) is 0.875. The molecule has 2 N–H and O–H groups in total. The summed E-state index contributed by atoms with van der Waals surface area (Å²) < 4.78 is 0. The van der Waals surface area contributed by atoms with Gasteiger partial charge in [0.1, 0.15) is 5.75 Å². The minimum absolute atomic E-state index is 0.302. The highest BCUT2D eigenvalue weighted by Crippen LogP contribution is 2.72. The summed E-state index contributed by atoms with van der Waals surface area (Å²) in [7, 11) is 2.17. The highest BCUT2D eigenvalue weighted by molar-refractivity contribution is 5.49. The average molecular weight is 353 g/mol. The van der Waals surface area contributed by atoms with Crippen molar-refractivity contribution in [2.24, 2.45) is 17.3 Å². The number of aromatic hydroxyl groups is 1. The molecule has 3 heteroatoms. The van der Waals surface area contributed by atoms with Crippen LogP contribution in [-0.4, -0.2) is 42.2 Å². The number of hydrogen-bond donors (Lipinski definition) is 2. The maximum atomic E-state index is 10.3. The highest BCUT2D eigenvalue weighted by atomic mass is 16.3. The number of rotatable bonds is 3. The number of hydrogen-bond acceptors (Lipinski definition) is 3. The molecular formula is C23H32N2O. The largest absolute Gasteiger partial charge is 0.508 e. The number of phenolic OH excluding ortho intramolecular Hbond substituents is 1. The van der Waals surface area contributed by atoms with Crippen molar-refractivity contribution in [1.82, 2.24) is 10.2 Å². The predicted molar refractivity (Wildman–Crippen MR) is 103 cm³/mol. The van der Waals surface area contributed by atoms with Gasteiger partial charge in [-0.1, -0.05) is 6.07 Å². The highest BCUT2D eigenvalue weighted by Gasteiger charge is 2.71. The van der Waals surface area contributed by atoms with Crippen LogP contribution in [0.1, 0.15) is 56.1 Å². The smallest absolute Gasteiger partial charge is 0.115 e. The van der Waals surface area contributed by atoms with Gasteiger partial charge in [0, 0.05) is 24.0 Å². The van der Waals surface area contributed by atoms with Crippen LogP contribution in [0.15, 0.2) is 18.2 Å². The number of nitrogens with zero attached hydrogens (tertiary/aromatic N) is 1. The molecule has 6 rings (SSSR count). The van der Waals surface area contributed by atoms with Gasteiger partial charge >= 0.3 is 0 Å². The monoisotopic (exact) mass is 352 g/mol. The van der Waals surface area contributed by atoms with Crippen LogP contribution >= 0.6 is 0 Å². The molecule has 1 heterocycles. The summed E-state index contributed by atoms with van der Waals surface area (Å²) in [5.74, 6) is 2.19. The van der Waals surface area contributed by atoms with Crippen molar-refractivity contribution >= 4 is 0 Å². The second-order valence-corrected chi connectivity index (χ2v) is 9.96. The average Bonchev–Trinajstić information content (AvgIpc) is 3.42. The molecule has 5 atom stereocenters. The van der Waals surface area contributed by atoms with Gasteiger partial charge in [-0.3, -0.25) is 4.90 Å². The van der Waals surface area contributed by atoms with E-state index in [9.17, 15) is 5.11 Å². The van der Waals surface area contributed by atoms with Gasteiger partial charge in [0.15, 0.2) is 0 Å². The van der Waals surface area contributed by atoms with Gasteiger partial charge in [0.25, 0.3) is 0 Å². The summed E-state index contributed by atoms with van der Waals surface area (Å²) >= 11 is 0. The first-order valence-corrected chi connectivity index (χ1v) is 10.9. The summed E-state index contributed by atoms with van der Waals surface area (Å²) in [6.07, 6.45) is 10.9. The Kier molecular flexibility index (Phi) is 3.23. The SMILES string of the molecule is CNC1CCC23CCC1C21CCN(CC2CC2)C3Cc2ccc(O)cc21. The van der Waals surface area contributed by atoms with E-state index in [2.05, 4.69) is 29.4 Å². The Morgan fingerprint density at radius 2 is 2.00 bits per heavy atom. The van der Waals surface area contributed by atoms with Crippen LogP contribution in [0.2, 0.25) is 0 Å². The van der Waals surface area contributed by atoms with Crippen molar-refractivity contribution in [3.8, 4) is 5.75 Å². The number of piperidine rings is 1. The van der Waals surface area contributed by atoms with Gasteiger partial charge in [0.2, 0.25) is 0 Å². The fourth-order valence-electron chi connectivity index (χ4n) is 8.14.